The second-order valence-corrected chi connectivity index (χ2v) is 8.09. The van der Waals surface area contributed by atoms with Crippen molar-refractivity contribution in [2.45, 2.75) is 31.2 Å². The first kappa shape index (κ1) is 15.3. The Labute approximate surface area is 152 Å². The summed E-state index contributed by atoms with van der Waals surface area (Å²) >= 11 is 6.53. The third kappa shape index (κ3) is 2.22. The largest absolute Gasteiger partial charge is 0.478 e. The molecule has 128 valence electrons. The van der Waals surface area contributed by atoms with Gasteiger partial charge in [0, 0.05) is 10.7 Å². The Balaban J connectivity index is 1.65. The standard InChI is InChI=1S/C21H20ClNO2/c22-16-4-2-1-3-14(16)20-19-12-6-5-11(9-12)18(19)15-10-13(21(24)25)7-8-17(15)23-20/h1-4,7-8,10-12,18-20,23H,5-6,9H2,(H,24,25)/t11-,12-,18+,19-,20+/m0/s1. The van der Waals surface area contributed by atoms with Crippen molar-refractivity contribution >= 4 is 23.3 Å². The van der Waals surface area contributed by atoms with Crippen LogP contribution in [0.3, 0.4) is 0 Å². The van der Waals surface area contributed by atoms with Crippen LogP contribution >= 0.6 is 11.6 Å². The number of carbonyl (C=O) groups is 1. The van der Waals surface area contributed by atoms with Gasteiger partial charge in [-0.05, 0) is 78.3 Å². The van der Waals surface area contributed by atoms with Crippen LogP contribution in [0.5, 0.6) is 0 Å². The number of nitrogens with one attached hydrogen (secondary N) is 1. The molecule has 0 radical (unpaired) electrons. The van der Waals surface area contributed by atoms with E-state index in [1.165, 1.54) is 30.4 Å². The quantitative estimate of drug-likeness (QED) is 0.766. The predicted molar refractivity (Wildman–Crippen MR) is 98.3 cm³/mol. The minimum absolute atomic E-state index is 0.206. The zero-order chi connectivity index (χ0) is 17.1. The van der Waals surface area contributed by atoms with Gasteiger partial charge >= 0.3 is 5.97 Å². The lowest BCUT2D eigenvalue weighted by molar-refractivity contribution is 0.0696. The number of halogens is 1. The maximum absolute atomic E-state index is 11.4. The SMILES string of the molecule is O=C(O)c1ccc2c(c1)[C@H]1[C@H]3CC[C@@H](C3)[C@@H]1[C@@H](c1ccccc1Cl)N2. The number of rotatable bonds is 2. The van der Waals surface area contributed by atoms with E-state index < -0.39 is 5.97 Å². The van der Waals surface area contributed by atoms with E-state index in [2.05, 4.69) is 11.4 Å². The molecular formula is C21H20ClNO2. The van der Waals surface area contributed by atoms with Crippen molar-refractivity contribution in [2.75, 3.05) is 5.32 Å². The molecule has 0 saturated heterocycles. The summed E-state index contributed by atoms with van der Waals surface area (Å²) in [4.78, 5) is 11.4. The van der Waals surface area contributed by atoms with Gasteiger partial charge in [-0.1, -0.05) is 29.8 Å². The van der Waals surface area contributed by atoms with E-state index in [1.807, 2.05) is 30.3 Å². The van der Waals surface area contributed by atoms with Crippen LogP contribution in [0.4, 0.5) is 5.69 Å². The molecule has 4 heteroatoms. The van der Waals surface area contributed by atoms with Gasteiger partial charge in [-0.15, -0.1) is 0 Å². The van der Waals surface area contributed by atoms with Crippen molar-refractivity contribution < 1.29 is 9.90 Å². The second-order valence-electron chi connectivity index (χ2n) is 7.69. The summed E-state index contributed by atoms with van der Waals surface area (Å²) in [6, 6.07) is 13.8. The van der Waals surface area contributed by atoms with Gasteiger partial charge in [0.25, 0.3) is 0 Å². The zero-order valence-corrected chi connectivity index (χ0v) is 14.5. The summed E-state index contributed by atoms with van der Waals surface area (Å²) in [5.74, 6) is 1.46. The molecule has 2 aromatic rings. The first-order chi connectivity index (χ1) is 12.1. The van der Waals surface area contributed by atoms with Crippen LogP contribution in [0.25, 0.3) is 0 Å². The number of hydrogen-bond acceptors (Lipinski definition) is 2. The second kappa shape index (κ2) is 5.50. The molecule has 2 aliphatic carbocycles. The summed E-state index contributed by atoms with van der Waals surface area (Å²) < 4.78 is 0. The zero-order valence-electron chi connectivity index (χ0n) is 13.8. The van der Waals surface area contributed by atoms with Crippen molar-refractivity contribution in [3.63, 3.8) is 0 Å². The number of fused-ring (bicyclic) bond motifs is 7. The molecule has 0 unspecified atom stereocenters. The Hall–Kier alpha value is -2.00. The van der Waals surface area contributed by atoms with Crippen LogP contribution in [0.15, 0.2) is 42.5 Å². The number of benzene rings is 2. The fourth-order valence-electron chi connectivity index (χ4n) is 5.66. The van der Waals surface area contributed by atoms with Crippen LogP contribution < -0.4 is 5.32 Å². The van der Waals surface area contributed by atoms with Crippen LogP contribution in [-0.2, 0) is 0 Å². The molecule has 2 aromatic carbocycles. The first-order valence-corrected chi connectivity index (χ1v) is 9.39. The summed E-state index contributed by atoms with van der Waals surface area (Å²) in [6.07, 6.45) is 3.80. The monoisotopic (exact) mass is 353 g/mol. The molecule has 0 amide bonds. The van der Waals surface area contributed by atoms with Gasteiger partial charge in [0.1, 0.15) is 0 Å². The Morgan fingerprint density at radius 2 is 1.88 bits per heavy atom. The molecular weight excluding hydrogens is 334 g/mol. The van der Waals surface area contributed by atoms with Gasteiger partial charge in [-0.3, -0.25) is 0 Å². The van der Waals surface area contributed by atoms with Crippen molar-refractivity contribution in [3.05, 3.63) is 64.2 Å². The Morgan fingerprint density at radius 3 is 2.68 bits per heavy atom. The molecule has 1 aliphatic heterocycles. The highest BCUT2D eigenvalue weighted by molar-refractivity contribution is 6.31. The normalized spacial score (nSPS) is 32.0. The molecule has 0 aromatic heterocycles. The molecule has 2 N–H and O–H groups in total. The molecule has 25 heavy (non-hydrogen) atoms. The molecule has 2 bridgehead atoms. The highest BCUT2D eigenvalue weighted by atomic mass is 35.5. The average molecular weight is 354 g/mol. The molecule has 1 heterocycles. The molecule has 5 rings (SSSR count). The van der Waals surface area contributed by atoms with Crippen LogP contribution in [-0.4, -0.2) is 11.1 Å². The van der Waals surface area contributed by atoms with E-state index in [4.69, 9.17) is 11.6 Å². The van der Waals surface area contributed by atoms with Crippen molar-refractivity contribution in [1.82, 2.24) is 0 Å². The van der Waals surface area contributed by atoms with Crippen LogP contribution in [0, 0.1) is 17.8 Å². The molecule has 2 saturated carbocycles. The third-order valence-corrected chi connectivity index (χ3v) is 6.92. The minimum atomic E-state index is -0.851. The fraction of sp³-hybridized carbons (Fsp3) is 0.381. The smallest absolute Gasteiger partial charge is 0.335 e. The topological polar surface area (TPSA) is 49.3 Å². The minimum Gasteiger partial charge on any atom is -0.478 e. The maximum atomic E-state index is 11.4. The lowest BCUT2D eigenvalue weighted by Crippen LogP contribution is -2.35. The maximum Gasteiger partial charge on any atom is 0.335 e. The van der Waals surface area contributed by atoms with Gasteiger partial charge in [-0.25, -0.2) is 4.79 Å². The summed E-state index contributed by atoms with van der Waals surface area (Å²) in [5, 5.41) is 13.9. The van der Waals surface area contributed by atoms with E-state index in [1.54, 1.807) is 6.07 Å². The van der Waals surface area contributed by atoms with Crippen LogP contribution in [0.2, 0.25) is 5.02 Å². The van der Waals surface area contributed by atoms with Crippen molar-refractivity contribution in [2.24, 2.45) is 17.8 Å². The first-order valence-electron chi connectivity index (χ1n) is 9.01. The van der Waals surface area contributed by atoms with Gasteiger partial charge in [-0.2, -0.15) is 0 Å². The highest BCUT2D eigenvalue weighted by Crippen LogP contribution is 2.64. The van der Waals surface area contributed by atoms with Crippen molar-refractivity contribution in [3.8, 4) is 0 Å². The number of hydrogen-bond donors (Lipinski definition) is 2. The van der Waals surface area contributed by atoms with Gasteiger partial charge in [0.15, 0.2) is 0 Å². The van der Waals surface area contributed by atoms with E-state index >= 15 is 0 Å². The lowest BCUT2D eigenvalue weighted by atomic mass is 9.68. The molecule has 5 atom stereocenters. The molecule has 0 spiro atoms. The highest BCUT2D eigenvalue weighted by Gasteiger charge is 2.54. The molecule has 3 aliphatic rings. The number of carboxylic acids is 1. The van der Waals surface area contributed by atoms with E-state index in [9.17, 15) is 9.90 Å². The van der Waals surface area contributed by atoms with E-state index in [-0.39, 0.29) is 6.04 Å². The van der Waals surface area contributed by atoms with E-state index in [0.29, 0.717) is 29.2 Å². The fourth-order valence-corrected chi connectivity index (χ4v) is 5.91. The molecule has 3 nitrogen and oxygen atoms in total. The van der Waals surface area contributed by atoms with Gasteiger partial charge in [0.05, 0.1) is 11.6 Å². The summed E-state index contributed by atoms with van der Waals surface area (Å²) in [5.41, 5.74) is 3.82. The average Bonchev–Trinajstić information content (AvgIpc) is 3.23. The lowest BCUT2D eigenvalue weighted by Gasteiger charge is -2.43. The van der Waals surface area contributed by atoms with Crippen LogP contribution in [0.1, 0.15) is 52.7 Å². The van der Waals surface area contributed by atoms with Gasteiger partial charge in [0.2, 0.25) is 0 Å². The number of anilines is 1. The Kier molecular flexibility index (Phi) is 3.36. The third-order valence-electron chi connectivity index (χ3n) is 6.57. The van der Waals surface area contributed by atoms with Gasteiger partial charge < -0.3 is 10.4 Å². The Morgan fingerprint density at radius 1 is 1.08 bits per heavy atom. The number of carboxylic acid groups (broad SMARTS) is 1. The summed E-state index contributed by atoms with van der Waals surface area (Å²) in [6.45, 7) is 0. The predicted octanol–water partition coefficient (Wildman–Crippen LogP) is 5.33. The molecule has 2 fully saturated rings. The number of aromatic carboxylic acids is 1. The Bertz CT molecular complexity index is 865. The van der Waals surface area contributed by atoms with E-state index in [0.717, 1.165) is 10.7 Å². The van der Waals surface area contributed by atoms with Crippen molar-refractivity contribution in [1.29, 1.82) is 0 Å². The summed E-state index contributed by atoms with van der Waals surface area (Å²) in [7, 11) is 0.